The third-order valence-electron chi connectivity index (χ3n) is 2.34. The molecule has 1 aliphatic rings. The van der Waals surface area contributed by atoms with Crippen LogP contribution in [0.3, 0.4) is 0 Å². The van der Waals surface area contributed by atoms with Crippen molar-refractivity contribution >= 4 is 10.0 Å². The van der Waals surface area contributed by atoms with Crippen molar-refractivity contribution in [3.63, 3.8) is 0 Å². The van der Waals surface area contributed by atoms with Gasteiger partial charge < -0.3 is 5.73 Å². The van der Waals surface area contributed by atoms with Crippen molar-refractivity contribution < 1.29 is 17.2 Å². The monoisotopic (exact) mass is 228 g/mol. The van der Waals surface area contributed by atoms with E-state index in [0.29, 0.717) is 25.7 Å². The zero-order chi connectivity index (χ0) is 10.8. The fourth-order valence-corrected chi connectivity index (χ4v) is 2.32. The SMILES string of the molecule is NC1CCC(NS(=O)(=O)C(F)F)CC1. The van der Waals surface area contributed by atoms with E-state index in [1.165, 1.54) is 0 Å². The average molecular weight is 228 g/mol. The Morgan fingerprint density at radius 1 is 1.21 bits per heavy atom. The van der Waals surface area contributed by atoms with Gasteiger partial charge in [0, 0.05) is 12.1 Å². The van der Waals surface area contributed by atoms with Gasteiger partial charge in [0.25, 0.3) is 10.0 Å². The third kappa shape index (κ3) is 3.14. The van der Waals surface area contributed by atoms with Gasteiger partial charge in [-0.1, -0.05) is 0 Å². The van der Waals surface area contributed by atoms with Crippen molar-refractivity contribution in [2.75, 3.05) is 0 Å². The van der Waals surface area contributed by atoms with Crippen LogP contribution in [0, 0.1) is 0 Å². The second kappa shape index (κ2) is 4.50. The van der Waals surface area contributed by atoms with Gasteiger partial charge in [0.2, 0.25) is 0 Å². The molecule has 0 aromatic rings. The normalized spacial score (nSPS) is 29.4. The van der Waals surface area contributed by atoms with Gasteiger partial charge in [-0.2, -0.15) is 8.78 Å². The Hall–Kier alpha value is -0.270. The molecule has 1 saturated carbocycles. The Morgan fingerprint density at radius 2 is 1.71 bits per heavy atom. The highest BCUT2D eigenvalue weighted by atomic mass is 32.2. The number of halogens is 2. The van der Waals surface area contributed by atoms with Crippen LogP contribution >= 0.6 is 0 Å². The Labute approximate surface area is 81.9 Å². The maximum atomic E-state index is 12.0. The summed E-state index contributed by atoms with van der Waals surface area (Å²) in [7, 11) is -4.44. The van der Waals surface area contributed by atoms with E-state index < -0.39 is 15.8 Å². The van der Waals surface area contributed by atoms with Crippen LogP contribution in [0.1, 0.15) is 25.7 Å². The van der Waals surface area contributed by atoms with Crippen molar-refractivity contribution in [2.45, 2.75) is 43.5 Å². The molecule has 0 atom stereocenters. The van der Waals surface area contributed by atoms with Crippen molar-refractivity contribution in [1.82, 2.24) is 4.72 Å². The molecule has 3 N–H and O–H groups in total. The third-order valence-corrected chi connectivity index (χ3v) is 3.47. The predicted octanol–water partition coefficient (Wildman–Crippen LogP) is 0.398. The Balaban J connectivity index is 2.46. The van der Waals surface area contributed by atoms with Crippen molar-refractivity contribution in [2.24, 2.45) is 5.73 Å². The first-order chi connectivity index (χ1) is 6.42. The molecule has 0 aliphatic heterocycles. The zero-order valence-electron chi connectivity index (χ0n) is 7.62. The Kier molecular flexibility index (Phi) is 3.79. The lowest BCUT2D eigenvalue weighted by Gasteiger charge is -2.26. The van der Waals surface area contributed by atoms with Crippen LogP contribution in [-0.4, -0.2) is 26.3 Å². The van der Waals surface area contributed by atoms with Gasteiger partial charge in [0.05, 0.1) is 0 Å². The van der Waals surface area contributed by atoms with Gasteiger partial charge in [-0.3, -0.25) is 0 Å². The van der Waals surface area contributed by atoms with Crippen LogP contribution in [0.5, 0.6) is 0 Å². The lowest BCUT2D eigenvalue weighted by atomic mass is 9.93. The lowest BCUT2D eigenvalue weighted by molar-refractivity contribution is 0.229. The van der Waals surface area contributed by atoms with Crippen LogP contribution in [-0.2, 0) is 10.0 Å². The number of hydrogen-bond acceptors (Lipinski definition) is 3. The molecule has 7 heteroatoms. The highest BCUT2D eigenvalue weighted by molar-refractivity contribution is 7.89. The first-order valence-electron chi connectivity index (χ1n) is 4.46. The zero-order valence-corrected chi connectivity index (χ0v) is 8.43. The molecule has 0 bridgehead atoms. The minimum absolute atomic E-state index is 0.0716. The van der Waals surface area contributed by atoms with E-state index in [0.717, 1.165) is 0 Å². The average Bonchev–Trinajstić information content (AvgIpc) is 2.08. The minimum atomic E-state index is -4.44. The molecule has 0 aromatic heterocycles. The second-order valence-corrected chi connectivity index (χ2v) is 5.22. The largest absolute Gasteiger partial charge is 0.350 e. The quantitative estimate of drug-likeness (QED) is 0.734. The number of nitrogens with two attached hydrogens (primary N) is 1. The number of rotatable bonds is 3. The summed E-state index contributed by atoms with van der Waals surface area (Å²) in [4.78, 5) is 0. The summed E-state index contributed by atoms with van der Waals surface area (Å²) in [6.07, 6.45) is 2.42. The summed E-state index contributed by atoms with van der Waals surface area (Å²) >= 11 is 0. The molecule has 0 saturated heterocycles. The van der Waals surface area contributed by atoms with Gasteiger partial charge in [0.15, 0.2) is 0 Å². The Bertz CT molecular complexity index is 273. The molecule has 0 aromatic carbocycles. The standard InChI is InChI=1S/C7H14F2N2O2S/c8-7(9)14(12,13)11-6-3-1-5(10)2-4-6/h5-7,11H,1-4,10H2. The van der Waals surface area contributed by atoms with Gasteiger partial charge >= 0.3 is 5.76 Å². The fraction of sp³-hybridized carbons (Fsp3) is 1.00. The summed E-state index contributed by atoms with van der Waals surface area (Å²) in [5, 5.41) is 0. The van der Waals surface area contributed by atoms with E-state index in [-0.39, 0.29) is 12.1 Å². The van der Waals surface area contributed by atoms with Crippen molar-refractivity contribution in [1.29, 1.82) is 0 Å². The molecular formula is C7H14F2N2O2S. The first-order valence-corrected chi connectivity index (χ1v) is 6.01. The molecule has 0 radical (unpaired) electrons. The minimum Gasteiger partial charge on any atom is -0.328 e. The van der Waals surface area contributed by atoms with Crippen LogP contribution in [0.4, 0.5) is 8.78 Å². The molecule has 0 unspecified atom stereocenters. The van der Waals surface area contributed by atoms with Gasteiger partial charge in [-0.25, -0.2) is 13.1 Å². The van der Waals surface area contributed by atoms with E-state index in [9.17, 15) is 17.2 Å². The molecule has 1 aliphatic carbocycles. The van der Waals surface area contributed by atoms with Crippen molar-refractivity contribution in [3.05, 3.63) is 0 Å². The molecular weight excluding hydrogens is 214 g/mol. The summed E-state index contributed by atoms with van der Waals surface area (Å²) < 4.78 is 47.5. The molecule has 1 fully saturated rings. The molecule has 84 valence electrons. The number of nitrogens with one attached hydrogen (secondary N) is 1. The van der Waals surface area contributed by atoms with Crippen LogP contribution in [0.2, 0.25) is 0 Å². The highest BCUT2D eigenvalue weighted by Crippen LogP contribution is 2.18. The molecule has 1 rings (SSSR count). The van der Waals surface area contributed by atoms with E-state index in [2.05, 4.69) is 0 Å². The number of hydrogen-bond donors (Lipinski definition) is 2. The smallest absolute Gasteiger partial charge is 0.328 e. The summed E-state index contributed by atoms with van der Waals surface area (Å²) in [5.74, 6) is -3.35. The van der Waals surface area contributed by atoms with Gasteiger partial charge in [-0.15, -0.1) is 0 Å². The first kappa shape index (κ1) is 11.8. The van der Waals surface area contributed by atoms with E-state index >= 15 is 0 Å². The molecule has 14 heavy (non-hydrogen) atoms. The predicted molar refractivity (Wildman–Crippen MR) is 48.3 cm³/mol. The maximum Gasteiger partial charge on any atom is 0.350 e. The fourth-order valence-electron chi connectivity index (χ4n) is 1.52. The highest BCUT2D eigenvalue weighted by Gasteiger charge is 2.29. The van der Waals surface area contributed by atoms with E-state index in [4.69, 9.17) is 5.73 Å². The summed E-state index contributed by atoms with van der Waals surface area (Å²) in [6.45, 7) is 0. The number of sulfonamides is 1. The van der Waals surface area contributed by atoms with E-state index in [1.807, 2.05) is 4.72 Å². The maximum absolute atomic E-state index is 12.0. The van der Waals surface area contributed by atoms with Crippen LogP contribution in [0.25, 0.3) is 0 Å². The second-order valence-electron chi connectivity index (χ2n) is 3.54. The summed E-state index contributed by atoms with van der Waals surface area (Å²) in [5.41, 5.74) is 5.60. The van der Waals surface area contributed by atoms with Crippen LogP contribution < -0.4 is 10.5 Å². The topological polar surface area (TPSA) is 72.2 Å². The van der Waals surface area contributed by atoms with Crippen LogP contribution in [0.15, 0.2) is 0 Å². The van der Waals surface area contributed by atoms with E-state index in [1.54, 1.807) is 0 Å². The van der Waals surface area contributed by atoms with Gasteiger partial charge in [0.1, 0.15) is 0 Å². The molecule has 0 heterocycles. The molecule has 0 spiro atoms. The molecule has 4 nitrogen and oxygen atoms in total. The van der Waals surface area contributed by atoms with Gasteiger partial charge in [-0.05, 0) is 25.7 Å². The van der Waals surface area contributed by atoms with Crippen molar-refractivity contribution in [3.8, 4) is 0 Å². The number of alkyl halides is 2. The molecule has 0 amide bonds. The summed E-state index contributed by atoms with van der Waals surface area (Å²) in [6, 6.07) is -0.309. The lowest BCUT2D eigenvalue weighted by Crippen LogP contribution is -2.42. The Morgan fingerprint density at radius 3 is 2.14 bits per heavy atom.